The minimum absolute atomic E-state index is 0.381. The minimum atomic E-state index is 0.381. The van der Waals surface area contributed by atoms with Crippen molar-refractivity contribution in [2.45, 2.75) is 13.3 Å². The Morgan fingerprint density at radius 3 is 3.14 bits per heavy atom. The monoisotopic (exact) mass is 188 g/mol. The van der Waals surface area contributed by atoms with Crippen LogP contribution in [0.3, 0.4) is 0 Å². The summed E-state index contributed by atoms with van der Waals surface area (Å²) in [6.45, 7) is 2.39. The van der Waals surface area contributed by atoms with Gasteiger partial charge in [0.15, 0.2) is 0 Å². The summed E-state index contributed by atoms with van der Waals surface area (Å²) in [5.74, 6) is 0.393. The lowest BCUT2D eigenvalue weighted by Crippen LogP contribution is -2.15. The highest BCUT2D eigenvalue weighted by atomic mass is 14.9. The summed E-state index contributed by atoms with van der Waals surface area (Å²) in [4.78, 5) is 8.11. The maximum absolute atomic E-state index is 8.32. The predicted molar refractivity (Wildman–Crippen MR) is 54.8 cm³/mol. The van der Waals surface area contributed by atoms with Crippen LogP contribution in [0.5, 0.6) is 0 Å². The topological polar surface area (TPSA) is 75.1 Å². The van der Waals surface area contributed by atoms with Crippen molar-refractivity contribution in [3.8, 4) is 6.07 Å². The summed E-state index contributed by atoms with van der Waals surface area (Å²) < 4.78 is 0. The molecule has 1 rings (SSSR count). The number of aromatic nitrogens is 1. The van der Waals surface area contributed by atoms with Gasteiger partial charge >= 0.3 is 0 Å². The van der Waals surface area contributed by atoms with Gasteiger partial charge in [0.25, 0.3) is 0 Å². The second-order valence-electron chi connectivity index (χ2n) is 2.89. The summed E-state index contributed by atoms with van der Waals surface area (Å²) in [7, 11) is 0. The van der Waals surface area contributed by atoms with Crippen LogP contribution in [0.4, 0.5) is 0 Å². The van der Waals surface area contributed by atoms with E-state index in [1.54, 1.807) is 6.20 Å². The molecule has 0 saturated heterocycles. The quantitative estimate of drug-likeness (QED) is 0.437. The summed E-state index contributed by atoms with van der Waals surface area (Å²) in [5.41, 5.74) is 7.44. The number of hydrogen-bond acceptors (Lipinski definition) is 3. The largest absolute Gasteiger partial charge is 0.382 e. The smallest absolute Gasteiger partial charge is 0.144 e. The molecule has 0 radical (unpaired) electrons. The van der Waals surface area contributed by atoms with E-state index in [9.17, 15) is 0 Å². The Morgan fingerprint density at radius 1 is 1.71 bits per heavy atom. The molecule has 0 bridgehead atoms. The van der Waals surface area contributed by atoms with Crippen molar-refractivity contribution in [1.82, 2.24) is 4.98 Å². The molecule has 0 aromatic carbocycles. The highest BCUT2D eigenvalue weighted by molar-refractivity contribution is 5.95. The summed E-state index contributed by atoms with van der Waals surface area (Å²) in [6, 6.07) is 5.76. The number of pyridine rings is 1. The first-order chi connectivity index (χ1) is 6.74. The van der Waals surface area contributed by atoms with E-state index in [2.05, 4.69) is 9.98 Å². The molecule has 0 unspecified atom stereocenters. The Bertz CT molecular complexity index is 376. The lowest BCUT2D eigenvalue weighted by atomic mass is 10.2. The molecule has 72 valence electrons. The second kappa shape index (κ2) is 4.97. The number of nitrogens with zero attached hydrogens (tertiary/aromatic N) is 3. The zero-order chi connectivity index (χ0) is 10.4. The molecule has 1 heterocycles. The van der Waals surface area contributed by atoms with Gasteiger partial charge < -0.3 is 5.73 Å². The van der Waals surface area contributed by atoms with E-state index in [-0.39, 0.29) is 0 Å². The Morgan fingerprint density at radius 2 is 2.50 bits per heavy atom. The van der Waals surface area contributed by atoms with Crippen molar-refractivity contribution in [2.75, 3.05) is 6.54 Å². The van der Waals surface area contributed by atoms with Gasteiger partial charge in [-0.05, 0) is 24.6 Å². The Kier molecular flexibility index (Phi) is 3.62. The summed E-state index contributed by atoms with van der Waals surface area (Å²) in [5, 5.41) is 8.32. The van der Waals surface area contributed by atoms with Gasteiger partial charge in [0.2, 0.25) is 0 Å². The normalized spacial score (nSPS) is 11.0. The van der Waals surface area contributed by atoms with Gasteiger partial charge in [-0.25, -0.2) is 0 Å². The first-order valence-corrected chi connectivity index (χ1v) is 4.34. The molecule has 0 saturated carbocycles. The van der Waals surface area contributed by atoms with Gasteiger partial charge in [-0.3, -0.25) is 9.98 Å². The third-order valence-corrected chi connectivity index (χ3v) is 1.68. The SMILES string of the molecule is Cc1ccnc(C(N)=NCCC#N)c1. The van der Waals surface area contributed by atoms with Crippen LogP contribution in [0.2, 0.25) is 0 Å². The molecule has 0 aliphatic carbocycles. The molecule has 0 atom stereocenters. The molecule has 4 heteroatoms. The van der Waals surface area contributed by atoms with E-state index in [0.717, 1.165) is 5.56 Å². The van der Waals surface area contributed by atoms with E-state index in [0.29, 0.717) is 24.5 Å². The fourth-order valence-electron chi connectivity index (χ4n) is 0.984. The molecule has 1 aromatic rings. The second-order valence-corrected chi connectivity index (χ2v) is 2.89. The van der Waals surface area contributed by atoms with Crippen molar-refractivity contribution in [3.63, 3.8) is 0 Å². The van der Waals surface area contributed by atoms with Crippen LogP contribution in [-0.4, -0.2) is 17.4 Å². The van der Waals surface area contributed by atoms with Gasteiger partial charge in [0, 0.05) is 6.20 Å². The van der Waals surface area contributed by atoms with Crippen LogP contribution in [-0.2, 0) is 0 Å². The third kappa shape index (κ3) is 2.87. The molecular weight excluding hydrogens is 176 g/mol. The van der Waals surface area contributed by atoms with E-state index >= 15 is 0 Å². The van der Waals surface area contributed by atoms with E-state index in [1.807, 2.05) is 25.1 Å². The van der Waals surface area contributed by atoms with Crippen LogP contribution >= 0.6 is 0 Å². The highest BCUT2D eigenvalue weighted by Gasteiger charge is 1.98. The number of nitriles is 1. The lowest BCUT2D eigenvalue weighted by molar-refractivity contribution is 1.01. The number of nitrogens with two attached hydrogens (primary N) is 1. The molecule has 14 heavy (non-hydrogen) atoms. The van der Waals surface area contributed by atoms with Crippen LogP contribution in [0.15, 0.2) is 23.3 Å². The number of rotatable bonds is 3. The molecule has 4 nitrogen and oxygen atoms in total. The Labute approximate surface area is 83.1 Å². The number of amidine groups is 1. The maximum atomic E-state index is 8.32. The van der Waals surface area contributed by atoms with Crippen LogP contribution < -0.4 is 5.73 Å². The van der Waals surface area contributed by atoms with Gasteiger partial charge in [0.05, 0.1) is 19.0 Å². The zero-order valence-corrected chi connectivity index (χ0v) is 8.07. The molecule has 0 aliphatic rings. The number of aryl methyl sites for hydroxylation is 1. The van der Waals surface area contributed by atoms with E-state index in [1.165, 1.54) is 0 Å². The Balaban J connectivity index is 2.74. The third-order valence-electron chi connectivity index (χ3n) is 1.68. The molecule has 0 fully saturated rings. The van der Waals surface area contributed by atoms with E-state index < -0.39 is 0 Å². The Hall–Kier alpha value is -1.89. The van der Waals surface area contributed by atoms with Crippen LogP contribution in [0.1, 0.15) is 17.7 Å². The number of hydrogen-bond donors (Lipinski definition) is 1. The average molecular weight is 188 g/mol. The van der Waals surface area contributed by atoms with Crippen molar-refractivity contribution in [3.05, 3.63) is 29.6 Å². The van der Waals surface area contributed by atoms with Gasteiger partial charge in [0.1, 0.15) is 11.5 Å². The van der Waals surface area contributed by atoms with Crippen molar-refractivity contribution < 1.29 is 0 Å². The van der Waals surface area contributed by atoms with E-state index in [4.69, 9.17) is 11.0 Å². The van der Waals surface area contributed by atoms with Crippen LogP contribution in [0, 0.1) is 18.3 Å². The maximum Gasteiger partial charge on any atom is 0.144 e. The molecule has 2 N–H and O–H groups in total. The lowest BCUT2D eigenvalue weighted by Gasteiger charge is -1.99. The average Bonchev–Trinajstić information content (AvgIpc) is 2.18. The minimum Gasteiger partial charge on any atom is -0.382 e. The zero-order valence-electron chi connectivity index (χ0n) is 8.07. The predicted octanol–water partition coefficient (Wildman–Crippen LogP) is 1.01. The van der Waals surface area contributed by atoms with Crippen LogP contribution in [0.25, 0.3) is 0 Å². The standard InChI is InChI=1S/C10H12N4/c1-8-3-6-13-9(7-8)10(12)14-5-2-4-11/h3,6-7H,2,5H2,1H3,(H2,12,14). The first kappa shape index (κ1) is 10.2. The molecular formula is C10H12N4. The molecule has 0 spiro atoms. The van der Waals surface area contributed by atoms with Crippen molar-refractivity contribution >= 4 is 5.84 Å². The summed E-state index contributed by atoms with van der Waals surface area (Å²) >= 11 is 0. The van der Waals surface area contributed by atoms with Crippen molar-refractivity contribution in [2.24, 2.45) is 10.7 Å². The van der Waals surface area contributed by atoms with Gasteiger partial charge in [-0.1, -0.05) is 0 Å². The van der Waals surface area contributed by atoms with Crippen molar-refractivity contribution in [1.29, 1.82) is 5.26 Å². The molecule has 1 aromatic heterocycles. The first-order valence-electron chi connectivity index (χ1n) is 4.34. The van der Waals surface area contributed by atoms with Gasteiger partial charge in [-0.2, -0.15) is 5.26 Å². The van der Waals surface area contributed by atoms with Gasteiger partial charge in [-0.15, -0.1) is 0 Å². The highest BCUT2D eigenvalue weighted by Crippen LogP contribution is 1.99. The fourth-order valence-corrected chi connectivity index (χ4v) is 0.984. The molecule has 0 aliphatic heterocycles. The fraction of sp³-hybridized carbons (Fsp3) is 0.300. The summed E-state index contributed by atoms with van der Waals surface area (Å²) in [6.07, 6.45) is 2.07. The molecule has 0 amide bonds. The number of aliphatic imine (C=N–C) groups is 1.